The molecular weight excluding hydrogens is 527 g/mol. The molecule has 1 N–H and O–H groups in total. The minimum Gasteiger partial charge on any atom is -0.315 e. The Bertz CT molecular complexity index is 1620. The van der Waals surface area contributed by atoms with Gasteiger partial charge in [0, 0.05) is 22.0 Å². The topological polar surface area (TPSA) is 83.8 Å². The number of amides is 1. The summed E-state index contributed by atoms with van der Waals surface area (Å²) < 4.78 is 44.1. The zero-order valence-corrected chi connectivity index (χ0v) is 22.6. The number of sulfonamides is 1. The van der Waals surface area contributed by atoms with Crippen LogP contribution < -0.4 is 9.73 Å². The summed E-state index contributed by atoms with van der Waals surface area (Å²) in [4.78, 5) is 12.9. The van der Waals surface area contributed by atoms with Crippen molar-refractivity contribution in [2.45, 2.75) is 25.7 Å². The summed E-state index contributed by atoms with van der Waals surface area (Å²) in [6, 6.07) is 21.0. The molecule has 7 nitrogen and oxygen atoms in total. The van der Waals surface area contributed by atoms with Gasteiger partial charge in [-0.05, 0) is 68.8 Å². The second kappa shape index (κ2) is 11.2. The number of carbonyl (C=O) groups excluding carboxylic acids is 1. The molecule has 0 aliphatic rings. The van der Waals surface area contributed by atoms with Crippen LogP contribution in [0, 0.1) is 26.6 Å². The van der Waals surface area contributed by atoms with Gasteiger partial charge in [0.05, 0.1) is 22.5 Å². The van der Waals surface area contributed by atoms with Gasteiger partial charge in [-0.15, -0.1) is 0 Å². The Morgan fingerprint density at radius 1 is 1.03 bits per heavy atom. The van der Waals surface area contributed by atoms with Crippen LogP contribution >= 0.6 is 11.6 Å². The van der Waals surface area contributed by atoms with Crippen LogP contribution in [0.4, 0.5) is 10.1 Å². The van der Waals surface area contributed by atoms with Gasteiger partial charge in [-0.2, -0.15) is 5.10 Å². The standard InChI is InChI=1S/C28H26ClFN4O3S/c1-19-16-22(21(3)34(19)27-14-8-7-13-25(27)30)17-31-32-28(35)18-33(26-15-9-12-24(29)20(26)2)38(36,37)23-10-5-4-6-11-23/h4-17H,18H2,1-3H3,(H,32,35)/b31-17-. The summed E-state index contributed by atoms with van der Waals surface area (Å²) in [6.45, 7) is 4.82. The molecule has 0 atom stereocenters. The molecule has 0 radical (unpaired) electrons. The van der Waals surface area contributed by atoms with Gasteiger partial charge < -0.3 is 4.57 Å². The quantitative estimate of drug-likeness (QED) is 0.230. The predicted octanol–water partition coefficient (Wildman–Crippen LogP) is 5.54. The van der Waals surface area contributed by atoms with E-state index < -0.39 is 22.5 Å². The van der Waals surface area contributed by atoms with Gasteiger partial charge in [0.25, 0.3) is 15.9 Å². The molecule has 0 aliphatic heterocycles. The first-order chi connectivity index (χ1) is 18.1. The number of rotatable bonds is 8. The highest BCUT2D eigenvalue weighted by atomic mass is 35.5. The number of hydrogen-bond donors (Lipinski definition) is 1. The van der Waals surface area contributed by atoms with Gasteiger partial charge in [0.1, 0.15) is 12.4 Å². The first kappa shape index (κ1) is 27.1. The Labute approximate surface area is 226 Å². The number of aryl methyl sites for hydroxylation is 1. The second-order valence-corrected chi connectivity index (χ2v) is 10.9. The molecule has 0 spiro atoms. The summed E-state index contributed by atoms with van der Waals surface area (Å²) in [6.07, 6.45) is 1.44. The summed E-state index contributed by atoms with van der Waals surface area (Å²) in [7, 11) is -4.09. The first-order valence-corrected chi connectivity index (χ1v) is 13.5. The molecule has 4 aromatic rings. The third-order valence-electron chi connectivity index (χ3n) is 6.08. The van der Waals surface area contributed by atoms with Gasteiger partial charge in [0.15, 0.2) is 0 Å². The number of hydrogen-bond acceptors (Lipinski definition) is 4. The highest BCUT2D eigenvalue weighted by Gasteiger charge is 2.28. The van der Waals surface area contributed by atoms with Crippen molar-refractivity contribution in [2.24, 2.45) is 5.10 Å². The zero-order chi connectivity index (χ0) is 27.4. The summed E-state index contributed by atoms with van der Waals surface area (Å²) in [5.74, 6) is -1.01. The fraction of sp³-hybridized carbons (Fsp3) is 0.143. The molecule has 1 aromatic heterocycles. The van der Waals surface area contributed by atoms with Crippen molar-refractivity contribution in [2.75, 3.05) is 10.8 Å². The lowest BCUT2D eigenvalue weighted by molar-refractivity contribution is -0.119. The molecule has 0 saturated carbocycles. The molecule has 0 saturated heterocycles. The van der Waals surface area contributed by atoms with Crippen molar-refractivity contribution in [3.63, 3.8) is 0 Å². The maximum Gasteiger partial charge on any atom is 0.264 e. The van der Waals surface area contributed by atoms with Gasteiger partial charge in [-0.25, -0.2) is 18.2 Å². The number of hydrazone groups is 1. The molecule has 4 rings (SSSR count). The van der Waals surface area contributed by atoms with Crippen LogP contribution in [0.1, 0.15) is 22.5 Å². The highest BCUT2D eigenvalue weighted by Crippen LogP contribution is 2.30. The van der Waals surface area contributed by atoms with Crippen LogP contribution in [-0.4, -0.2) is 31.7 Å². The van der Waals surface area contributed by atoms with Crippen molar-refractivity contribution >= 4 is 39.4 Å². The maximum absolute atomic E-state index is 14.4. The van der Waals surface area contributed by atoms with E-state index >= 15 is 0 Å². The number of aromatic nitrogens is 1. The molecular formula is C28H26ClFN4O3S. The van der Waals surface area contributed by atoms with Gasteiger partial charge in [-0.3, -0.25) is 9.10 Å². The molecule has 10 heteroatoms. The third kappa shape index (κ3) is 5.49. The fourth-order valence-electron chi connectivity index (χ4n) is 4.15. The van der Waals surface area contributed by atoms with Crippen LogP contribution in [0.25, 0.3) is 5.69 Å². The Morgan fingerprint density at radius 2 is 1.71 bits per heavy atom. The fourth-order valence-corrected chi connectivity index (χ4v) is 5.82. The number of halogens is 2. The van der Waals surface area contributed by atoms with Gasteiger partial charge in [-0.1, -0.05) is 48.0 Å². The van der Waals surface area contributed by atoms with Crippen molar-refractivity contribution in [1.82, 2.24) is 9.99 Å². The third-order valence-corrected chi connectivity index (χ3v) is 8.27. The van der Waals surface area contributed by atoms with Crippen molar-refractivity contribution in [3.8, 4) is 5.69 Å². The van der Waals surface area contributed by atoms with Crippen LogP contribution in [0.15, 0.2) is 88.9 Å². The van der Waals surface area contributed by atoms with E-state index in [0.29, 0.717) is 21.8 Å². The van der Waals surface area contributed by atoms with Crippen molar-refractivity contribution in [1.29, 1.82) is 0 Å². The van der Waals surface area contributed by atoms with E-state index in [4.69, 9.17) is 11.6 Å². The normalized spacial score (nSPS) is 11.6. The summed E-state index contributed by atoms with van der Waals surface area (Å²) in [5.41, 5.74) is 5.81. The molecule has 196 valence electrons. The Balaban J connectivity index is 1.58. The number of para-hydroxylation sites is 1. The number of carbonyl (C=O) groups is 1. The van der Waals surface area contributed by atoms with Gasteiger partial charge >= 0.3 is 0 Å². The lowest BCUT2D eigenvalue weighted by Gasteiger charge is -2.25. The molecule has 0 bridgehead atoms. The van der Waals surface area contributed by atoms with Crippen LogP contribution in [-0.2, 0) is 14.8 Å². The smallest absolute Gasteiger partial charge is 0.264 e. The summed E-state index contributed by atoms with van der Waals surface area (Å²) >= 11 is 6.25. The van der Waals surface area contributed by atoms with E-state index in [-0.39, 0.29) is 16.4 Å². The maximum atomic E-state index is 14.4. The van der Waals surface area contributed by atoms with Crippen LogP contribution in [0.3, 0.4) is 0 Å². The lowest BCUT2D eigenvalue weighted by atomic mass is 10.2. The Hall–Kier alpha value is -3.95. The largest absolute Gasteiger partial charge is 0.315 e. The Morgan fingerprint density at radius 3 is 2.42 bits per heavy atom. The average Bonchev–Trinajstić information content (AvgIpc) is 3.17. The predicted molar refractivity (Wildman–Crippen MR) is 148 cm³/mol. The second-order valence-electron chi connectivity index (χ2n) is 8.62. The lowest BCUT2D eigenvalue weighted by Crippen LogP contribution is -2.40. The van der Waals surface area contributed by atoms with E-state index in [0.717, 1.165) is 15.7 Å². The van der Waals surface area contributed by atoms with Crippen LogP contribution in [0.5, 0.6) is 0 Å². The monoisotopic (exact) mass is 552 g/mol. The number of benzene rings is 3. The number of nitrogens with one attached hydrogen (secondary N) is 1. The summed E-state index contributed by atoms with van der Waals surface area (Å²) in [5, 5.41) is 4.41. The van der Waals surface area contributed by atoms with Crippen LogP contribution in [0.2, 0.25) is 5.02 Å². The molecule has 38 heavy (non-hydrogen) atoms. The molecule has 1 heterocycles. The molecule has 0 aliphatic carbocycles. The van der Waals surface area contributed by atoms with E-state index in [1.165, 1.54) is 24.4 Å². The molecule has 3 aromatic carbocycles. The van der Waals surface area contributed by atoms with E-state index in [1.54, 1.807) is 66.1 Å². The molecule has 1 amide bonds. The van der Waals surface area contributed by atoms with Crippen molar-refractivity contribution < 1.29 is 17.6 Å². The SMILES string of the molecule is Cc1c(Cl)cccc1N(CC(=O)N/N=C\c1cc(C)n(-c2ccccc2F)c1C)S(=O)(=O)c1ccccc1. The first-order valence-electron chi connectivity index (χ1n) is 11.7. The Kier molecular flexibility index (Phi) is 7.99. The minimum atomic E-state index is -4.09. The van der Waals surface area contributed by atoms with E-state index in [1.807, 2.05) is 19.9 Å². The van der Waals surface area contributed by atoms with E-state index in [2.05, 4.69) is 10.5 Å². The minimum absolute atomic E-state index is 0.0382. The van der Waals surface area contributed by atoms with Crippen molar-refractivity contribution in [3.05, 3.63) is 112 Å². The molecule has 0 unspecified atom stereocenters. The van der Waals surface area contributed by atoms with Gasteiger partial charge in [0.2, 0.25) is 0 Å². The zero-order valence-electron chi connectivity index (χ0n) is 21.0. The van der Waals surface area contributed by atoms with E-state index in [9.17, 15) is 17.6 Å². The molecule has 0 fully saturated rings. The average molecular weight is 553 g/mol. The number of nitrogens with zero attached hydrogens (tertiary/aromatic N) is 3. The highest BCUT2D eigenvalue weighted by molar-refractivity contribution is 7.92. The number of anilines is 1.